The second-order valence-corrected chi connectivity index (χ2v) is 6.31. The van der Waals surface area contributed by atoms with Gasteiger partial charge in [0.05, 0.1) is 5.56 Å². The number of carboxylic acid groups (broad SMARTS) is 1. The van der Waals surface area contributed by atoms with Gasteiger partial charge in [-0.1, -0.05) is 36.4 Å². The number of carbonyl (C=O) groups is 2. The molecular weight excluding hydrogens is 348 g/mol. The SMILES string of the molecule is O=C(c1ccccc1)c1ccc(CC(CCl)C(S)C(=O)O)cc1O. The Balaban J connectivity index is 2.20. The summed E-state index contributed by atoms with van der Waals surface area (Å²) in [6, 6.07) is 13.4. The Labute approximate surface area is 150 Å². The number of ketones is 1. The molecule has 2 unspecified atom stereocenters. The lowest BCUT2D eigenvalue weighted by molar-refractivity contribution is -0.137. The molecule has 0 fully saturated rings. The Morgan fingerprint density at radius 2 is 1.79 bits per heavy atom. The molecule has 4 nitrogen and oxygen atoms in total. The van der Waals surface area contributed by atoms with E-state index in [9.17, 15) is 14.7 Å². The molecule has 0 aliphatic heterocycles. The van der Waals surface area contributed by atoms with Crippen LogP contribution in [-0.2, 0) is 11.2 Å². The summed E-state index contributed by atoms with van der Waals surface area (Å²) in [7, 11) is 0. The summed E-state index contributed by atoms with van der Waals surface area (Å²) in [5, 5.41) is 18.3. The molecule has 0 saturated carbocycles. The molecular formula is C18H17ClO4S. The summed E-state index contributed by atoms with van der Waals surface area (Å²) >= 11 is 9.89. The highest BCUT2D eigenvalue weighted by atomic mass is 35.5. The van der Waals surface area contributed by atoms with Crippen LogP contribution in [0.2, 0.25) is 0 Å². The number of aliphatic carboxylic acids is 1. The minimum atomic E-state index is -1.04. The van der Waals surface area contributed by atoms with Crippen LogP contribution in [-0.4, -0.2) is 33.1 Å². The van der Waals surface area contributed by atoms with Crippen molar-refractivity contribution in [2.75, 3.05) is 5.88 Å². The van der Waals surface area contributed by atoms with Crippen molar-refractivity contribution in [3.63, 3.8) is 0 Å². The first-order valence-corrected chi connectivity index (χ1v) is 8.37. The monoisotopic (exact) mass is 364 g/mol. The standard InChI is InChI=1S/C18H17ClO4S/c19-10-13(17(24)18(22)23)8-11-6-7-14(15(20)9-11)16(21)12-4-2-1-3-5-12/h1-7,9,13,17,20,24H,8,10H2,(H,22,23). The second-order valence-electron chi connectivity index (χ2n) is 5.45. The van der Waals surface area contributed by atoms with Crippen LogP contribution in [0.15, 0.2) is 48.5 Å². The van der Waals surface area contributed by atoms with Crippen LogP contribution >= 0.6 is 24.2 Å². The highest BCUT2D eigenvalue weighted by molar-refractivity contribution is 7.81. The topological polar surface area (TPSA) is 74.6 Å². The third-order valence-electron chi connectivity index (χ3n) is 3.74. The van der Waals surface area contributed by atoms with E-state index in [0.717, 1.165) is 0 Å². The van der Waals surface area contributed by atoms with E-state index >= 15 is 0 Å². The molecule has 2 atom stereocenters. The number of carboxylic acids is 1. The van der Waals surface area contributed by atoms with Gasteiger partial charge < -0.3 is 10.2 Å². The molecule has 0 bridgehead atoms. The normalized spacial score (nSPS) is 13.2. The van der Waals surface area contributed by atoms with Gasteiger partial charge in [-0.2, -0.15) is 12.6 Å². The molecule has 0 heterocycles. The Bertz CT molecular complexity index is 733. The number of halogens is 1. The number of thiol groups is 1. The summed E-state index contributed by atoms with van der Waals surface area (Å²) in [6.45, 7) is 0. The molecule has 0 spiro atoms. The average molecular weight is 365 g/mol. The van der Waals surface area contributed by atoms with Crippen LogP contribution in [0.25, 0.3) is 0 Å². The molecule has 0 amide bonds. The maximum atomic E-state index is 12.4. The van der Waals surface area contributed by atoms with E-state index < -0.39 is 11.2 Å². The zero-order valence-corrected chi connectivity index (χ0v) is 14.4. The summed E-state index contributed by atoms with van der Waals surface area (Å²) in [5.41, 5.74) is 1.39. The van der Waals surface area contributed by atoms with E-state index in [1.807, 2.05) is 6.07 Å². The molecule has 0 radical (unpaired) electrons. The van der Waals surface area contributed by atoms with E-state index in [-0.39, 0.29) is 28.9 Å². The van der Waals surface area contributed by atoms with E-state index in [0.29, 0.717) is 17.5 Å². The molecule has 24 heavy (non-hydrogen) atoms. The highest BCUT2D eigenvalue weighted by Gasteiger charge is 2.24. The van der Waals surface area contributed by atoms with E-state index in [1.54, 1.807) is 36.4 Å². The summed E-state index contributed by atoms with van der Waals surface area (Å²) in [5.74, 6) is -1.70. The van der Waals surface area contributed by atoms with Crippen molar-refractivity contribution in [3.05, 3.63) is 65.2 Å². The average Bonchev–Trinajstić information content (AvgIpc) is 2.59. The van der Waals surface area contributed by atoms with Crippen LogP contribution in [0.1, 0.15) is 21.5 Å². The molecule has 2 aromatic carbocycles. The van der Waals surface area contributed by atoms with Gasteiger partial charge in [-0.25, -0.2) is 0 Å². The third kappa shape index (κ3) is 4.30. The van der Waals surface area contributed by atoms with Gasteiger partial charge in [-0.15, -0.1) is 11.6 Å². The maximum Gasteiger partial charge on any atom is 0.316 e. The van der Waals surface area contributed by atoms with Crippen molar-refractivity contribution in [2.24, 2.45) is 5.92 Å². The molecule has 0 aromatic heterocycles. The lowest BCUT2D eigenvalue weighted by Crippen LogP contribution is -2.27. The van der Waals surface area contributed by atoms with Gasteiger partial charge in [-0.3, -0.25) is 9.59 Å². The van der Waals surface area contributed by atoms with Crippen molar-refractivity contribution in [1.29, 1.82) is 0 Å². The zero-order valence-electron chi connectivity index (χ0n) is 12.7. The van der Waals surface area contributed by atoms with E-state index in [1.165, 1.54) is 6.07 Å². The molecule has 2 N–H and O–H groups in total. The second kappa shape index (κ2) is 8.22. The van der Waals surface area contributed by atoms with Gasteiger partial charge in [0.1, 0.15) is 11.0 Å². The number of phenolic OH excluding ortho intramolecular Hbond substituents is 1. The van der Waals surface area contributed by atoms with Crippen molar-refractivity contribution >= 4 is 36.0 Å². The summed E-state index contributed by atoms with van der Waals surface area (Å²) in [6.07, 6.45) is 0.345. The fourth-order valence-electron chi connectivity index (χ4n) is 2.40. The summed E-state index contributed by atoms with van der Waals surface area (Å²) < 4.78 is 0. The van der Waals surface area contributed by atoms with Crippen LogP contribution < -0.4 is 0 Å². The number of benzene rings is 2. The first-order chi connectivity index (χ1) is 11.4. The molecule has 2 aromatic rings. The molecule has 126 valence electrons. The number of phenols is 1. The van der Waals surface area contributed by atoms with Crippen LogP contribution in [0, 0.1) is 5.92 Å². The largest absolute Gasteiger partial charge is 0.507 e. The van der Waals surface area contributed by atoms with Crippen molar-refractivity contribution in [3.8, 4) is 5.75 Å². The van der Waals surface area contributed by atoms with Crippen LogP contribution in [0.3, 0.4) is 0 Å². The van der Waals surface area contributed by atoms with E-state index in [2.05, 4.69) is 12.6 Å². The molecule has 2 rings (SSSR count). The lowest BCUT2D eigenvalue weighted by Gasteiger charge is -2.18. The van der Waals surface area contributed by atoms with Gasteiger partial charge in [0, 0.05) is 11.4 Å². The smallest absolute Gasteiger partial charge is 0.316 e. The number of rotatable bonds is 7. The highest BCUT2D eigenvalue weighted by Crippen LogP contribution is 2.25. The number of alkyl halides is 1. The van der Waals surface area contributed by atoms with Gasteiger partial charge in [0.25, 0.3) is 0 Å². The fraction of sp³-hybridized carbons (Fsp3) is 0.222. The minimum Gasteiger partial charge on any atom is -0.507 e. The predicted molar refractivity (Wildman–Crippen MR) is 96.3 cm³/mol. The Morgan fingerprint density at radius 3 is 2.33 bits per heavy atom. The number of hydrogen-bond donors (Lipinski definition) is 3. The third-order valence-corrected chi connectivity index (χ3v) is 4.78. The Kier molecular flexibility index (Phi) is 6.29. The zero-order chi connectivity index (χ0) is 17.7. The van der Waals surface area contributed by atoms with Gasteiger partial charge in [0.15, 0.2) is 5.78 Å². The quantitative estimate of drug-likeness (QED) is 0.400. The number of carbonyl (C=O) groups excluding carboxylic acids is 1. The van der Waals surface area contributed by atoms with Crippen molar-refractivity contribution in [2.45, 2.75) is 11.7 Å². The van der Waals surface area contributed by atoms with Crippen LogP contribution in [0.4, 0.5) is 0 Å². The van der Waals surface area contributed by atoms with Gasteiger partial charge in [0.2, 0.25) is 0 Å². The molecule has 0 aliphatic rings. The van der Waals surface area contributed by atoms with Crippen molar-refractivity contribution in [1.82, 2.24) is 0 Å². The van der Waals surface area contributed by atoms with E-state index in [4.69, 9.17) is 16.7 Å². The molecule has 6 heteroatoms. The number of aromatic hydroxyl groups is 1. The predicted octanol–water partition coefficient (Wildman–Crippen LogP) is 3.40. The Morgan fingerprint density at radius 1 is 1.12 bits per heavy atom. The van der Waals surface area contributed by atoms with Gasteiger partial charge >= 0.3 is 5.97 Å². The summed E-state index contributed by atoms with van der Waals surface area (Å²) in [4.78, 5) is 23.4. The number of hydrogen-bond acceptors (Lipinski definition) is 4. The Hall–Kier alpha value is -1.98. The molecule has 0 saturated heterocycles. The van der Waals surface area contributed by atoms with Crippen LogP contribution in [0.5, 0.6) is 5.75 Å². The van der Waals surface area contributed by atoms with Gasteiger partial charge in [-0.05, 0) is 30.0 Å². The minimum absolute atomic E-state index is 0.131. The maximum absolute atomic E-state index is 12.4. The molecule has 0 aliphatic carbocycles. The lowest BCUT2D eigenvalue weighted by atomic mass is 9.94. The first kappa shape index (κ1) is 18.4. The van der Waals surface area contributed by atoms with Crippen molar-refractivity contribution < 1.29 is 19.8 Å². The fourth-order valence-corrected chi connectivity index (χ4v) is 3.02. The first-order valence-electron chi connectivity index (χ1n) is 7.32.